The Kier molecular flexibility index (Phi) is 3.92. The molecule has 18 heavy (non-hydrogen) atoms. The van der Waals surface area contributed by atoms with E-state index >= 15 is 0 Å². The minimum atomic E-state index is -0.0166. The number of ketones is 1. The second kappa shape index (κ2) is 5.44. The number of hydrogen-bond acceptors (Lipinski definition) is 3. The van der Waals surface area contributed by atoms with Crippen LogP contribution in [0.2, 0.25) is 5.02 Å². The van der Waals surface area contributed by atoms with E-state index in [0.717, 1.165) is 0 Å². The number of Topliss-reactive ketones (excluding diaryl/α,β-unsaturated/α-hetero) is 1. The smallest absolute Gasteiger partial charge is 0.172 e. The highest BCUT2D eigenvalue weighted by molar-refractivity contribution is 6.31. The maximum absolute atomic E-state index is 12.0. The molecule has 0 fully saturated rings. The molecule has 0 aliphatic carbocycles. The Labute approximate surface area is 111 Å². The molecule has 0 radical (unpaired) electrons. The van der Waals surface area contributed by atoms with Crippen LogP contribution < -0.4 is 9.47 Å². The van der Waals surface area contributed by atoms with Crippen LogP contribution in [0, 0.1) is 0 Å². The van der Waals surface area contributed by atoms with E-state index in [1.807, 2.05) is 19.9 Å². The lowest BCUT2D eigenvalue weighted by atomic mass is 10.1. The molecule has 0 unspecified atom stereocenters. The second-order valence-electron chi connectivity index (χ2n) is 4.36. The lowest BCUT2D eigenvalue weighted by molar-refractivity contribution is 0.0989. The van der Waals surface area contributed by atoms with Crippen molar-refractivity contribution in [3.8, 4) is 11.5 Å². The van der Waals surface area contributed by atoms with E-state index < -0.39 is 0 Å². The first-order chi connectivity index (χ1) is 8.58. The van der Waals surface area contributed by atoms with Gasteiger partial charge in [0.05, 0.1) is 11.7 Å². The van der Waals surface area contributed by atoms with Gasteiger partial charge in [-0.2, -0.15) is 0 Å². The first-order valence-electron chi connectivity index (χ1n) is 5.89. The maximum Gasteiger partial charge on any atom is 0.172 e. The van der Waals surface area contributed by atoms with Gasteiger partial charge in [-0.15, -0.1) is 0 Å². The summed E-state index contributed by atoms with van der Waals surface area (Å²) in [6, 6.07) is 3.31. The molecule has 0 saturated heterocycles. The van der Waals surface area contributed by atoms with Crippen LogP contribution >= 0.6 is 11.6 Å². The molecular weight excluding hydrogens is 252 g/mol. The number of benzene rings is 1. The van der Waals surface area contributed by atoms with Gasteiger partial charge in [0.2, 0.25) is 0 Å². The Morgan fingerprint density at radius 1 is 1.33 bits per heavy atom. The fraction of sp³-hybridized carbons (Fsp3) is 0.357. The van der Waals surface area contributed by atoms with E-state index in [1.165, 1.54) is 0 Å². The molecule has 0 aromatic heterocycles. The van der Waals surface area contributed by atoms with Crippen molar-refractivity contribution in [3.63, 3.8) is 0 Å². The number of hydrogen-bond donors (Lipinski definition) is 0. The molecule has 0 amide bonds. The number of halogens is 1. The molecule has 0 N–H and O–H groups in total. The molecule has 0 bridgehead atoms. The highest BCUT2D eigenvalue weighted by atomic mass is 35.5. The van der Waals surface area contributed by atoms with E-state index in [-0.39, 0.29) is 11.9 Å². The SMILES string of the molecule is CC(C)Oc1cc(Cl)cc2c1OCC=CCC2=O. The van der Waals surface area contributed by atoms with E-state index in [4.69, 9.17) is 21.1 Å². The van der Waals surface area contributed by atoms with Crippen molar-refractivity contribution in [1.29, 1.82) is 0 Å². The van der Waals surface area contributed by atoms with Gasteiger partial charge in [0.1, 0.15) is 6.61 Å². The zero-order chi connectivity index (χ0) is 13.1. The summed E-state index contributed by atoms with van der Waals surface area (Å²) < 4.78 is 11.2. The van der Waals surface area contributed by atoms with Gasteiger partial charge in [-0.25, -0.2) is 0 Å². The minimum absolute atomic E-state index is 0.00717. The van der Waals surface area contributed by atoms with Gasteiger partial charge >= 0.3 is 0 Å². The molecule has 0 saturated carbocycles. The Morgan fingerprint density at radius 3 is 2.83 bits per heavy atom. The molecule has 4 heteroatoms. The van der Waals surface area contributed by atoms with Crippen LogP contribution in [0.1, 0.15) is 30.6 Å². The molecule has 1 heterocycles. The van der Waals surface area contributed by atoms with Crippen molar-refractivity contribution in [2.24, 2.45) is 0 Å². The van der Waals surface area contributed by atoms with Crippen molar-refractivity contribution >= 4 is 17.4 Å². The third kappa shape index (κ3) is 2.85. The zero-order valence-electron chi connectivity index (χ0n) is 10.4. The third-order valence-electron chi connectivity index (χ3n) is 2.48. The Morgan fingerprint density at radius 2 is 2.11 bits per heavy atom. The molecule has 1 aromatic carbocycles. The average Bonchev–Trinajstić information content (AvgIpc) is 2.27. The van der Waals surface area contributed by atoms with Gasteiger partial charge in [0, 0.05) is 17.5 Å². The number of ether oxygens (including phenoxy) is 2. The van der Waals surface area contributed by atoms with Crippen molar-refractivity contribution in [3.05, 3.63) is 34.9 Å². The van der Waals surface area contributed by atoms with Crippen LogP contribution in [0.3, 0.4) is 0 Å². The van der Waals surface area contributed by atoms with Gasteiger partial charge in [0.25, 0.3) is 0 Å². The summed E-state index contributed by atoms with van der Waals surface area (Å²) >= 11 is 6.02. The molecular formula is C14H15ClO3. The number of carbonyl (C=O) groups is 1. The minimum Gasteiger partial charge on any atom is -0.487 e. The topological polar surface area (TPSA) is 35.5 Å². The highest BCUT2D eigenvalue weighted by Crippen LogP contribution is 2.36. The summed E-state index contributed by atoms with van der Waals surface area (Å²) in [6.07, 6.45) is 3.98. The summed E-state index contributed by atoms with van der Waals surface area (Å²) in [4.78, 5) is 12.0. The van der Waals surface area contributed by atoms with Gasteiger partial charge in [0.15, 0.2) is 17.3 Å². The van der Waals surface area contributed by atoms with E-state index in [2.05, 4.69) is 0 Å². The molecule has 3 nitrogen and oxygen atoms in total. The lowest BCUT2D eigenvalue weighted by Gasteiger charge is -2.18. The fourth-order valence-corrected chi connectivity index (χ4v) is 1.97. The number of allylic oxidation sites excluding steroid dienone is 1. The predicted octanol–water partition coefficient (Wildman–Crippen LogP) is 3.65. The average molecular weight is 267 g/mol. The summed E-state index contributed by atoms with van der Waals surface area (Å²) in [5, 5.41) is 0.478. The van der Waals surface area contributed by atoms with Crippen LogP contribution in [-0.2, 0) is 0 Å². The molecule has 1 aliphatic heterocycles. The molecule has 1 aromatic rings. The van der Waals surface area contributed by atoms with Crippen LogP contribution in [0.25, 0.3) is 0 Å². The Hall–Kier alpha value is -1.48. The van der Waals surface area contributed by atoms with Crippen molar-refractivity contribution < 1.29 is 14.3 Å². The highest BCUT2D eigenvalue weighted by Gasteiger charge is 2.20. The summed E-state index contributed by atoms with van der Waals surface area (Å²) in [5.74, 6) is 0.996. The van der Waals surface area contributed by atoms with E-state index in [9.17, 15) is 4.79 Å². The first kappa shape index (κ1) is 13.0. The summed E-state index contributed by atoms with van der Waals surface area (Å²) in [6.45, 7) is 4.26. The van der Waals surface area contributed by atoms with Crippen LogP contribution in [0.4, 0.5) is 0 Å². The molecule has 1 aliphatic rings. The predicted molar refractivity (Wildman–Crippen MR) is 70.8 cm³/mol. The van der Waals surface area contributed by atoms with Gasteiger partial charge in [-0.3, -0.25) is 4.79 Å². The quantitative estimate of drug-likeness (QED) is 0.767. The van der Waals surface area contributed by atoms with E-state index in [0.29, 0.717) is 35.1 Å². The number of fused-ring (bicyclic) bond motifs is 1. The molecule has 2 rings (SSSR count). The second-order valence-corrected chi connectivity index (χ2v) is 4.79. The molecule has 96 valence electrons. The lowest BCUT2D eigenvalue weighted by Crippen LogP contribution is -2.12. The zero-order valence-corrected chi connectivity index (χ0v) is 11.2. The van der Waals surface area contributed by atoms with E-state index in [1.54, 1.807) is 18.2 Å². The fourth-order valence-electron chi connectivity index (χ4n) is 1.77. The maximum atomic E-state index is 12.0. The van der Waals surface area contributed by atoms with Gasteiger partial charge < -0.3 is 9.47 Å². The van der Waals surface area contributed by atoms with Crippen molar-refractivity contribution in [2.75, 3.05) is 6.61 Å². The first-order valence-corrected chi connectivity index (χ1v) is 6.27. The van der Waals surface area contributed by atoms with Crippen LogP contribution in [0.15, 0.2) is 24.3 Å². The number of carbonyl (C=O) groups excluding carboxylic acids is 1. The normalized spacial score (nSPS) is 14.8. The van der Waals surface area contributed by atoms with Crippen molar-refractivity contribution in [2.45, 2.75) is 26.4 Å². The van der Waals surface area contributed by atoms with Crippen LogP contribution in [0.5, 0.6) is 11.5 Å². The van der Waals surface area contributed by atoms with Gasteiger partial charge in [-0.05, 0) is 19.9 Å². The standard InChI is InChI=1S/C14H15ClO3/c1-9(2)18-13-8-10(15)7-11-12(16)5-3-4-6-17-14(11)13/h3-4,7-9H,5-6H2,1-2H3. The van der Waals surface area contributed by atoms with Crippen LogP contribution in [-0.4, -0.2) is 18.5 Å². The molecule has 0 spiro atoms. The monoisotopic (exact) mass is 266 g/mol. The Bertz CT molecular complexity index is 492. The summed E-state index contributed by atoms with van der Waals surface area (Å²) in [5.41, 5.74) is 0.488. The Balaban J connectivity index is 2.49. The largest absolute Gasteiger partial charge is 0.487 e. The van der Waals surface area contributed by atoms with Gasteiger partial charge in [-0.1, -0.05) is 23.8 Å². The van der Waals surface area contributed by atoms with Crippen molar-refractivity contribution in [1.82, 2.24) is 0 Å². The number of rotatable bonds is 2. The summed E-state index contributed by atoms with van der Waals surface area (Å²) in [7, 11) is 0. The third-order valence-corrected chi connectivity index (χ3v) is 2.69. The molecule has 0 atom stereocenters.